The summed E-state index contributed by atoms with van der Waals surface area (Å²) in [6.45, 7) is 0.248. The number of aromatic nitrogens is 1. The zero-order valence-electron chi connectivity index (χ0n) is 10.5. The van der Waals surface area contributed by atoms with Crippen molar-refractivity contribution in [2.75, 3.05) is 16.8 Å². The Balaban J connectivity index is 2.08. The molecule has 0 saturated heterocycles. The van der Waals surface area contributed by atoms with Gasteiger partial charge in [-0.3, -0.25) is 9.78 Å². The number of thiocarbonyl (C=S) groups is 1. The van der Waals surface area contributed by atoms with Crippen LogP contribution >= 0.6 is 12.2 Å². The van der Waals surface area contributed by atoms with Crippen molar-refractivity contribution in [3.05, 3.63) is 48.3 Å². The van der Waals surface area contributed by atoms with Crippen molar-refractivity contribution in [1.82, 2.24) is 4.98 Å². The van der Waals surface area contributed by atoms with Crippen LogP contribution < -0.4 is 16.0 Å². The lowest BCUT2D eigenvalue weighted by Gasteiger charge is -2.30. The predicted molar refractivity (Wildman–Crippen MR) is 82.2 cm³/mol. The number of benzene rings is 1. The highest BCUT2D eigenvalue weighted by molar-refractivity contribution is 7.80. The summed E-state index contributed by atoms with van der Waals surface area (Å²) in [7, 11) is 0. The second-order valence-corrected chi connectivity index (χ2v) is 4.85. The minimum absolute atomic E-state index is 0.0580. The third-order valence-corrected chi connectivity index (χ3v) is 3.29. The molecule has 2 aromatic rings. The third-order valence-electron chi connectivity index (χ3n) is 3.08. The van der Waals surface area contributed by atoms with Gasteiger partial charge in [-0.1, -0.05) is 24.4 Å². The number of hydrogen-bond acceptors (Lipinski definition) is 4. The average Bonchev–Trinajstić information content (AvgIpc) is 2.46. The predicted octanol–water partition coefficient (Wildman–Crippen LogP) is 1.81. The second-order valence-electron chi connectivity index (χ2n) is 4.42. The van der Waals surface area contributed by atoms with Gasteiger partial charge in [0, 0.05) is 11.9 Å². The average molecular weight is 284 g/mol. The van der Waals surface area contributed by atoms with Gasteiger partial charge in [-0.05, 0) is 24.3 Å². The van der Waals surface area contributed by atoms with Crippen LogP contribution in [0.25, 0.3) is 0 Å². The lowest BCUT2D eigenvalue weighted by Crippen LogP contribution is -2.35. The minimum Gasteiger partial charge on any atom is -0.388 e. The zero-order valence-corrected chi connectivity index (χ0v) is 11.4. The molecule has 1 aliphatic heterocycles. The number of para-hydroxylation sites is 2. The van der Waals surface area contributed by atoms with Crippen molar-refractivity contribution in [2.24, 2.45) is 5.73 Å². The molecular weight excluding hydrogens is 272 g/mol. The number of carbonyl (C=O) groups is 1. The van der Waals surface area contributed by atoms with Crippen LogP contribution in [0.1, 0.15) is 5.69 Å². The first-order valence-electron chi connectivity index (χ1n) is 6.07. The monoisotopic (exact) mass is 284 g/mol. The van der Waals surface area contributed by atoms with Crippen molar-refractivity contribution in [2.45, 2.75) is 0 Å². The molecule has 100 valence electrons. The Bertz CT molecular complexity index is 701. The topological polar surface area (TPSA) is 71.2 Å². The molecule has 20 heavy (non-hydrogen) atoms. The van der Waals surface area contributed by atoms with E-state index in [1.165, 1.54) is 0 Å². The van der Waals surface area contributed by atoms with Crippen LogP contribution in [0.2, 0.25) is 0 Å². The van der Waals surface area contributed by atoms with E-state index in [-0.39, 0.29) is 17.4 Å². The first-order chi connectivity index (χ1) is 9.65. The maximum atomic E-state index is 11.8. The Morgan fingerprint density at radius 1 is 1.35 bits per heavy atom. The summed E-state index contributed by atoms with van der Waals surface area (Å²) >= 11 is 4.94. The summed E-state index contributed by atoms with van der Waals surface area (Å²) in [6, 6.07) is 11.3. The van der Waals surface area contributed by atoms with Crippen LogP contribution in [0.3, 0.4) is 0 Å². The van der Waals surface area contributed by atoms with Crippen molar-refractivity contribution >= 4 is 40.2 Å². The Hall–Kier alpha value is -2.47. The van der Waals surface area contributed by atoms with Gasteiger partial charge in [0.25, 0.3) is 0 Å². The van der Waals surface area contributed by atoms with E-state index < -0.39 is 0 Å². The molecule has 1 amide bonds. The number of nitrogens with zero attached hydrogens (tertiary/aromatic N) is 2. The minimum atomic E-state index is -0.0580. The fraction of sp³-hybridized carbons (Fsp3) is 0.0714. The van der Waals surface area contributed by atoms with Gasteiger partial charge in [0.05, 0.1) is 17.1 Å². The van der Waals surface area contributed by atoms with E-state index in [0.717, 1.165) is 17.1 Å². The van der Waals surface area contributed by atoms with Gasteiger partial charge in [-0.2, -0.15) is 0 Å². The number of carbonyl (C=O) groups excluding carboxylic acids is 1. The first-order valence-corrected chi connectivity index (χ1v) is 6.48. The van der Waals surface area contributed by atoms with Crippen molar-refractivity contribution in [3.8, 4) is 0 Å². The van der Waals surface area contributed by atoms with Gasteiger partial charge >= 0.3 is 0 Å². The molecule has 6 heteroatoms. The highest BCUT2D eigenvalue weighted by Crippen LogP contribution is 2.34. The standard InChI is InChI=1S/C14H12N4OS/c15-14(20)11-7-9(5-6-16-11)18-8-13(19)17-10-3-1-2-4-12(10)18/h1-7H,8H2,(H2,15,20)(H,17,19). The molecule has 0 unspecified atom stereocenters. The molecule has 2 heterocycles. The molecule has 5 nitrogen and oxygen atoms in total. The first kappa shape index (κ1) is 12.6. The molecule has 1 aromatic heterocycles. The molecule has 0 fully saturated rings. The molecule has 0 aliphatic carbocycles. The Morgan fingerprint density at radius 2 is 2.15 bits per heavy atom. The van der Waals surface area contributed by atoms with E-state index >= 15 is 0 Å². The van der Waals surface area contributed by atoms with E-state index in [0.29, 0.717) is 5.69 Å². The molecule has 3 rings (SSSR count). The normalized spacial score (nSPS) is 13.6. The van der Waals surface area contributed by atoms with E-state index in [9.17, 15) is 4.79 Å². The fourth-order valence-electron chi connectivity index (χ4n) is 2.19. The van der Waals surface area contributed by atoms with Crippen molar-refractivity contribution in [3.63, 3.8) is 0 Å². The number of rotatable bonds is 2. The summed E-state index contributed by atoms with van der Waals surface area (Å²) in [4.78, 5) is 18.1. The van der Waals surface area contributed by atoms with E-state index in [4.69, 9.17) is 18.0 Å². The van der Waals surface area contributed by atoms with Crippen LogP contribution in [0.15, 0.2) is 42.6 Å². The maximum Gasteiger partial charge on any atom is 0.244 e. The lowest BCUT2D eigenvalue weighted by atomic mass is 10.1. The van der Waals surface area contributed by atoms with E-state index in [2.05, 4.69) is 10.3 Å². The fourth-order valence-corrected chi connectivity index (χ4v) is 2.30. The number of nitrogens with one attached hydrogen (secondary N) is 1. The van der Waals surface area contributed by atoms with E-state index in [1.54, 1.807) is 12.3 Å². The summed E-state index contributed by atoms with van der Waals surface area (Å²) in [5.41, 5.74) is 8.71. The SMILES string of the molecule is NC(=S)c1cc(N2CC(=O)Nc3ccccc32)ccn1. The van der Waals surface area contributed by atoms with Crippen LogP contribution in [-0.2, 0) is 4.79 Å². The highest BCUT2D eigenvalue weighted by atomic mass is 32.1. The Kier molecular flexibility index (Phi) is 3.08. The lowest BCUT2D eigenvalue weighted by molar-refractivity contribution is -0.115. The third kappa shape index (κ3) is 2.21. The summed E-state index contributed by atoms with van der Waals surface area (Å²) < 4.78 is 0. The second kappa shape index (κ2) is 4.90. The molecule has 0 radical (unpaired) electrons. The number of fused-ring (bicyclic) bond motifs is 1. The summed E-state index contributed by atoms with van der Waals surface area (Å²) in [6.07, 6.45) is 1.64. The van der Waals surface area contributed by atoms with Gasteiger partial charge in [0.1, 0.15) is 11.5 Å². The molecule has 1 aliphatic rings. The number of hydrogen-bond donors (Lipinski definition) is 2. The van der Waals surface area contributed by atoms with Crippen LogP contribution in [0, 0.1) is 0 Å². The Labute approximate surface area is 121 Å². The van der Waals surface area contributed by atoms with Crippen LogP contribution in [0.4, 0.5) is 17.1 Å². The molecule has 3 N–H and O–H groups in total. The quantitative estimate of drug-likeness (QED) is 0.823. The number of pyridine rings is 1. The highest BCUT2D eigenvalue weighted by Gasteiger charge is 2.23. The molecule has 0 saturated carbocycles. The van der Waals surface area contributed by atoms with Gasteiger partial charge in [0.15, 0.2) is 0 Å². The molecule has 0 atom stereocenters. The maximum absolute atomic E-state index is 11.8. The summed E-state index contributed by atoms with van der Waals surface area (Å²) in [5, 5.41) is 2.85. The van der Waals surface area contributed by atoms with Gasteiger partial charge in [0.2, 0.25) is 5.91 Å². The van der Waals surface area contributed by atoms with Gasteiger partial charge < -0.3 is 16.0 Å². The van der Waals surface area contributed by atoms with Crippen molar-refractivity contribution in [1.29, 1.82) is 0 Å². The summed E-state index contributed by atoms with van der Waals surface area (Å²) in [5.74, 6) is -0.0580. The van der Waals surface area contributed by atoms with E-state index in [1.807, 2.05) is 35.2 Å². The van der Waals surface area contributed by atoms with Gasteiger partial charge in [-0.25, -0.2) is 0 Å². The van der Waals surface area contributed by atoms with Crippen LogP contribution in [0.5, 0.6) is 0 Å². The van der Waals surface area contributed by atoms with Gasteiger partial charge in [-0.15, -0.1) is 0 Å². The Morgan fingerprint density at radius 3 is 2.95 bits per heavy atom. The number of nitrogens with two attached hydrogens (primary N) is 1. The molecule has 1 aromatic carbocycles. The number of amides is 1. The zero-order chi connectivity index (χ0) is 14.1. The molecule has 0 bridgehead atoms. The smallest absolute Gasteiger partial charge is 0.244 e. The van der Waals surface area contributed by atoms with Crippen LogP contribution in [-0.4, -0.2) is 22.4 Å². The van der Waals surface area contributed by atoms with Crippen molar-refractivity contribution < 1.29 is 4.79 Å². The molecular formula is C14H12N4OS. The largest absolute Gasteiger partial charge is 0.388 e. The molecule has 0 spiro atoms. The number of anilines is 3.